The molecule has 100 valence electrons. The monoisotopic (exact) mass is 247 g/mol. The average Bonchev–Trinajstić information content (AvgIpc) is 2.35. The molecule has 2 unspecified atom stereocenters. The molecule has 0 aliphatic carbocycles. The molecule has 1 aromatic rings. The number of likely N-dealkylation sites (tertiary alicyclic amines) is 1. The summed E-state index contributed by atoms with van der Waals surface area (Å²) in [6, 6.07) is 9.98. The Morgan fingerprint density at radius 3 is 2.67 bits per heavy atom. The lowest BCUT2D eigenvalue weighted by Gasteiger charge is -2.45. The van der Waals surface area contributed by atoms with Crippen LogP contribution in [0.2, 0.25) is 0 Å². The number of β-amino-alcohol motifs (C(OH)–C–C–N with tert-alkyl or cyclic N) is 1. The van der Waals surface area contributed by atoms with E-state index >= 15 is 0 Å². The van der Waals surface area contributed by atoms with E-state index in [1.807, 2.05) is 30.3 Å². The molecule has 1 aromatic carbocycles. The fourth-order valence-electron chi connectivity index (χ4n) is 2.78. The fourth-order valence-corrected chi connectivity index (χ4v) is 2.78. The zero-order valence-corrected chi connectivity index (χ0v) is 11.8. The van der Waals surface area contributed by atoms with Gasteiger partial charge in [0.1, 0.15) is 0 Å². The Kier molecular flexibility index (Phi) is 4.08. The van der Waals surface area contributed by atoms with E-state index < -0.39 is 0 Å². The van der Waals surface area contributed by atoms with Crippen molar-refractivity contribution in [1.29, 1.82) is 0 Å². The lowest BCUT2D eigenvalue weighted by molar-refractivity contribution is 0.00781. The minimum atomic E-state index is -0.379. The summed E-state index contributed by atoms with van der Waals surface area (Å²) >= 11 is 0. The molecule has 0 bridgehead atoms. The molecule has 0 radical (unpaired) electrons. The molecular weight excluding hydrogens is 222 g/mol. The lowest BCUT2D eigenvalue weighted by atomic mass is 9.85. The van der Waals surface area contributed by atoms with Crippen molar-refractivity contribution in [2.45, 2.75) is 45.3 Å². The third-order valence-corrected chi connectivity index (χ3v) is 4.21. The molecule has 1 aliphatic heterocycles. The molecule has 1 aliphatic rings. The van der Waals surface area contributed by atoms with Gasteiger partial charge in [-0.1, -0.05) is 37.3 Å². The predicted octanol–water partition coefficient (Wildman–Crippen LogP) is 3.23. The van der Waals surface area contributed by atoms with E-state index in [0.29, 0.717) is 0 Å². The second kappa shape index (κ2) is 5.41. The molecule has 2 nitrogen and oxygen atoms in total. The van der Waals surface area contributed by atoms with Crippen LogP contribution in [0.15, 0.2) is 30.3 Å². The van der Waals surface area contributed by atoms with E-state index in [2.05, 4.69) is 25.7 Å². The summed E-state index contributed by atoms with van der Waals surface area (Å²) in [6.07, 6.45) is 2.14. The van der Waals surface area contributed by atoms with Crippen molar-refractivity contribution in [2.24, 2.45) is 5.92 Å². The standard InChI is InChI=1S/C16H25NO/c1-13-9-10-16(2,3)17(11-13)12-15(18)14-7-5-4-6-8-14/h4-8,13,15,18H,9-12H2,1-3H3. The maximum absolute atomic E-state index is 10.3. The van der Waals surface area contributed by atoms with Crippen LogP contribution in [0.3, 0.4) is 0 Å². The van der Waals surface area contributed by atoms with Gasteiger partial charge in [-0.3, -0.25) is 4.90 Å². The second-order valence-electron chi connectivity index (χ2n) is 6.29. The van der Waals surface area contributed by atoms with Gasteiger partial charge in [0.2, 0.25) is 0 Å². The Bertz CT molecular complexity index is 374. The van der Waals surface area contributed by atoms with Crippen LogP contribution in [0.5, 0.6) is 0 Å². The fraction of sp³-hybridized carbons (Fsp3) is 0.625. The molecule has 1 fully saturated rings. The number of hydrogen-bond acceptors (Lipinski definition) is 2. The van der Waals surface area contributed by atoms with Gasteiger partial charge in [-0.2, -0.15) is 0 Å². The van der Waals surface area contributed by atoms with Gasteiger partial charge in [-0.05, 0) is 38.2 Å². The number of rotatable bonds is 3. The highest BCUT2D eigenvalue weighted by Gasteiger charge is 2.33. The molecule has 1 saturated heterocycles. The minimum absolute atomic E-state index is 0.211. The van der Waals surface area contributed by atoms with E-state index in [4.69, 9.17) is 0 Å². The first-order valence-corrected chi connectivity index (χ1v) is 6.97. The molecule has 2 heteroatoms. The van der Waals surface area contributed by atoms with Crippen molar-refractivity contribution < 1.29 is 5.11 Å². The average molecular weight is 247 g/mol. The van der Waals surface area contributed by atoms with Gasteiger partial charge in [0.05, 0.1) is 6.10 Å². The Morgan fingerprint density at radius 2 is 2.00 bits per heavy atom. The van der Waals surface area contributed by atoms with Crippen LogP contribution in [0.4, 0.5) is 0 Å². The number of benzene rings is 1. The first kappa shape index (κ1) is 13.6. The van der Waals surface area contributed by atoms with E-state index in [-0.39, 0.29) is 11.6 Å². The van der Waals surface area contributed by atoms with Crippen molar-refractivity contribution in [1.82, 2.24) is 4.90 Å². The Balaban J connectivity index is 2.03. The van der Waals surface area contributed by atoms with E-state index in [1.165, 1.54) is 12.8 Å². The molecule has 1 heterocycles. The normalized spacial score (nSPS) is 25.9. The maximum atomic E-state index is 10.3. The van der Waals surface area contributed by atoms with Crippen molar-refractivity contribution >= 4 is 0 Å². The quantitative estimate of drug-likeness (QED) is 0.886. The Labute approximate surface area is 111 Å². The highest BCUT2D eigenvalue weighted by atomic mass is 16.3. The molecular formula is C16H25NO. The molecule has 0 saturated carbocycles. The van der Waals surface area contributed by atoms with Crippen LogP contribution in [-0.4, -0.2) is 28.6 Å². The maximum Gasteiger partial charge on any atom is 0.0917 e. The SMILES string of the molecule is CC1CCC(C)(C)N(CC(O)c2ccccc2)C1. The van der Waals surface area contributed by atoms with Crippen molar-refractivity contribution in [3.8, 4) is 0 Å². The Morgan fingerprint density at radius 1 is 1.33 bits per heavy atom. The summed E-state index contributed by atoms with van der Waals surface area (Å²) in [4.78, 5) is 2.44. The number of aliphatic hydroxyl groups excluding tert-OH is 1. The number of nitrogens with zero attached hydrogens (tertiary/aromatic N) is 1. The van der Waals surface area contributed by atoms with Gasteiger partial charge in [0, 0.05) is 18.6 Å². The third-order valence-electron chi connectivity index (χ3n) is 4.21. The van der Waals surface area contributed by atoms with E-state index in [9.17, 15) is 5.11 Å². The smallest absolute Gasteiger partial charge is 0.0917 e. The summed E-state index contributed by atoms with van der Waals surface area (Å²) in [5.74, 6) is 0.737. The van der Waals surface area contributed by atoms with E-state index in [0.717, 1.165) is 24.6 Å². The van der Waals surface area contributed by atoms with E-state index in [1.54, 1.807) is 0 Å². The van der Waals surface area contributed by atoms with Crippen molar-refractivity contribution in [3.05, 3.63) is 35.9 Å². The molecule has 2 atom stereocenters. The molecule has 2 rings (SSSR count). The molecule has 0 amide bonds. The third kappa shape index (κ3) is 3.12. The summed E-state index contributed by atoms with van der Waals surface area (Å²) in [5, 5.41) is 10.3. The van der Waals surface area contributed by atoms with Crippen LogP contribution < -0.4 is 0 Å². The second-order valence-corrected chi connectivity index (χ2v) is 6.29. The minimum Gasteiger partial charge on any atom is -0.387 e. The van der Waals surface area contributed by atoms with Crippen LogP contribution in [0.1, 0.15) is 45.3 Å². The van der Waals surface area contributed by atoms with Gasteiger partial charge in [-0.15, -0.1) is 0 Å². The topological polar surface area (TPSA) is 23.5 Å². The van der Waals surface area contributed by atoms with Gasteiger partial charge >= 0.3 is 0 Å². The van der Waals surface area contributed by atoms with Gasteiger partial charge in [0.15, 0.2) is 0 Å². The van der Waals surface area contributed by atoms with Crippen LogP contribution in [-0.2, 0) is 0 Å². The molecule has 0 spiro atoms. The number of aliphatic hydroxyl groups is 1. The highest BCUT2D eigenvalue weighted by Crippen LogP contribution is 2.31. The van der Waals surface area contributed by atoms with Crippen LogP contribution >= 0.6 is 0 Å². The first-order valence-electron chi connectivity index (χ1n) is 6.97. The summed E-state index contributed by atoms with van der Waals surface area (Å²) in [5.41, 5.74) is 1.23. The molecule has 1 N–H and O–H groups in total. The largest absolute Gasteiger partial charge is 0.387 e. The summed E-state index contributed by atoms with van der Waals surface area (Å²) in [7, 11) is 0. The molecule has 0 aromatic heterocycles. The first-order chi connectivity index (χ1) is 8.49. The van der Waals surface area contributed by atoms with Gasteiger partial charge < -0.3 is 5.11 Å². The van der Waals surface area contributed by atoms with Crippen molar-refractivity contribution in [2.75, 3.05) is 13.1 Å². The summed E-state index contributed by atoms with van der Waals surface area (Å²) < 4.78 is 0. The van der Waals surface area contributed by atoms with Crippen LogP contribution in [0.25, 0.3) is 0 Å². The highest BCUT2D eigenvalue weighted by molar-refractivity contribution is 5.17. The van der Waals surface area contributed by atoms with Crippen LogP contribution in [0, 0.1) is 5.92 Å². The molecule has 18 heavy (non-hydrogen) atoms. The number of hydrogen-bond donors (Lipinski definition) is 1. The lowest BCUT2D eigenvalue weighted by Crippen LogP contribution is -2.51. The van der Waals surface area contributed by atoms with Gasteiger partial charge in [-0.25, -0.2) is 0 Å². The summed E-state index contributed by atoms with van der Waals surface area (Å²) in [6.45, 7) is 8.71. The zero-order chi connectivity index (χ0) is 13.2. The number of piperidine rings is 1. The zero-order valence-electron chi connectivity index (χ0n) is 11.8. The predicted molar refractivity (Wildman–Crippen MR) is 75.5 cm³/mol. The Hall–Kier alpha value is -0.860. The van der Waals surface area contributed by atoms with Gasteiger partial charge in [0.25, 0.3) is 0 Å². The van der Waals surface area contributed by atoms with Crippen molar-refractivity contribution in [3.63, 3.8) is 0 Å².